The van der Waals surface area contributed by atoms with Crippen molar-refractivity contribution < 1.29 is 28.5 Å². The molecule has 182 valence electrons. The number of aromatic nitrogens is 1. The van der Waals surface area contributed by atoms with Crippen LogP contribution in [-0.2, 0) is 10.2 Å². The van der Waals surface area contributed by atoms with E-state index in [2.05, 4.69) is 6.07 Å². The van der Waals surface area contributed by atoms with Crippen molar-refractivity contribution in [2.24, 2.45) is 0 Å². The highest BCUT2D eigenvalue weighted by Crippen LogP contribution is 2.50. The van der Waals surface area contributed by atoms with Crippen LogP contribution >= 0.6 is 0 Å². The van der Waals surface area contributed by atoms with Crippen LogP contribution in [0.1, 0.15) is 34.5 Å². The van der Waals surface area contributed by atoms with Gasteiger partial charge in [0.1, 0.15) is 17.4 Å². The van der Waals surface area contributed by atoms with Crippen LogP contribution in [0, 0.1) is 29.9 Å². The highest BCUT2D eigenvalue weighted by molar-refractivity contribution is 6.04. The molecule has 4 aromatic rings. The van der Waals surface area contributed by atoms with E-state index < -0.39 is 23.0 Å². The number of phenols is 1. The highest BCUT2D eigenvalue weighted by Gasteiger charge is 2.43. The van der Waals surface area contributed by atoms with Gasteiger partial charge in [0.05, 0.1) is 34.6 Å². The fourth-order valence-corrected chi connectivity index (χ4v) is 5.13. The summed E-state index contributed by atoms with van der Waals surface area (Å²) in [4.78, 5) is 11.4. The Morgan fingerprint density at radius 1 is 1.17 bits per heavy atom. The van der Waals surface area contributed by atoms with Gasteiger partial charge < -0.3 is 19.5 Å². The van der Waals surface area contributed by atoms with Gasteiger partial charge in [-0.2, -0.15) is 5.26 Å². The summed E-state index contributed by atoms with van der Waals surface area (Å²) in [6.07, 6.45) is 0.591. The lowest BCUT2D eigenvalue weighted by atomic mass is 9.77. The summed E-state index contributed by atoms with van der Waals surface area (Å²) in [5.41, 5.74) is 2.29. The Labute approximate surface area is 205 Å². The highest BCUT2D eigenvalue weighted by atomic mass is 19.1. The van der Waals surface area contributed by atoms with Crippen LogP contribution in [0.3, 0.4) is 0 Å². The van der Waals surface area contributed by atoms with Gasteiger partial charge >= 0.3 is 5.97 Å². The number of hydrogen-bond donors (Lipinski definition) is 2. The number of hydrogen-bond acceptors (Lipinski definition) is 4. The minimum atomic E-state index is -1.08. The molecule has 2 N–H and O–H groups in total. The summed E-state index contributed by atoms with van der Waals surface area (Å²) in [7, 11) is 0. The van der Waals surface area contributed by atoms with E-state index in [-0.39, 0.29) is 24.3 Å². The van der Waals surface area contributed by atoms with Crippen LogP contribution in [0.5, 0.6) is 5.75 Å². The molecule has 0 spiro atoms. The normalized spacial score (nSPS) is 17.4. The van der Waals surface area contributed by atoms with E-state index in [4.69, 9.17) is 4.74 Å². The number of ether oxygens (including phenoxy) is 1. The van der Waals surface area contributed by atoms with Gasteiger partial charge in [0.25, 0.3) is 0 Å². The molecule has 0 amide bonds. The van der Waals surface area contributed by atoms with Gasteiger partial charge in [0.2, 0.25) is 0 Å². The predicted molar refractivity (Wildman–Crippen MR) is 129 cm³/mol. The largest absolute Gasteiger partial charge is 0.507 e. The number of carbonyl (C=O) groups is 1. The zero-order valence-electron chi connectivity index (χ0n) is 19.4. The molecular weight excluding hydrogens is 466 g/mol. The molecule has 0 saturated carbocycles. The van der Waals surface area contributed by atoms with Gasteiger partial charge in [-0.3, -0.25) is 0 Å². The molecule has 1 saturated heterocycles. The molecule has 1 unspecified atom stereocenters. The molecule has 6 nitrogen and oxygen atoms in total. The molecule has 1 aliphatic rings. The molecule has 3 aromatic carbocycles. The summed E-state index contributed by atoms with van der Waals surface area (Å²) in [6, 6.07) is 15.2. The molecule has 5 rings (SSSR count). The smallest absolute Gasteiger partial charge is 0.335 e. The summed E-state index contributed by atoms with van der Waals surface area (Å²) in [5.74, 6) is -2.44. The number of fused-ring (bicyclic) bond motifs is 1. The second-order valence-corrected chi connectivity index (χ2v) is 9.11. The van der Waals surface area contributed by atoms with E-state index in [1.54, 1.807) is 35.8 Å². The fourth-order valence-electron chi connectivity index (χ4n) is 5.13. The number of aromatic hydroxyl groups is 1. The molecule has 1 fully saturated rings. The Hall–Kier alpha value is -4.22. The van der Waals surface area contributed by atoms with E-state index in [0.29, 0.717) is 52.0 Å². The number of rotatable bonds is 5. The summed E-state index contributed by atoms with van der Waals surface area (Å²) < 4.78 is 36.4. The van der Waals surface area contributed by atoms with Crippen molar-refractivity contribution >= 4 is 16.9 Å². The van der Waals surface area contributed by atoms with Gasteiger partial charge in [0.15, 0.2) is 0 Å². The zero-order chi connectivity index (χ0) is 25.6. The van der Waals surface area contributed by atoms with Crippen LogP contribution in [0.25, 0.3) is 27.7 Å². The van der Waals surface area contributed by atoms with Crippen LogP contribution < -0.4 is 0 Å². The molecule has 1 atom stereocenters. The molecule has 0 radical (unpaired) electrons. The third-order valence-electron chi connectivity index (χ3n) is 6.86. The van der Waals surface area contributed by atoms with Crippen molar-refractivity contribution in [2.75, 3.05) is 13.2 Å². The Morgan fingerprint density at radius 2 is 1.92 bits per heavy atom. The van der Waals surface area contributed by atoms with E-state index in [9.17, 15) is 29.1 Å². The number of nitrogens with zero attached hydrogens (tertiary/aromatic N) is 2. The molecule has 36 heavy (non-hydrogen) atoms. The van der Waals surface area contributed by atoms with Gasteiger partial charge in [-0.15, -0.1) is 0 Å². The number of aromatic carboxylic acids is 1. The second-order valence-electron chi connectivity index (χ2n) is 9.11. The zero-order valence-corrected chi connectivity index (χ0v) is 19.4. The summed E-state index contributed by atoms with van der Waals surface area (Å²) >= 11 is 0. The maximum Gasteiger partial charge on any atom is 0.335 e. The SMILES string of the molecule is Cc1cc(-n2c(C3(CC#N)CCOC3)c(-c3ccc(C(=O)O)cc3)c3c(O)cc(F)cc32)ccc1F. The van der Waals surface area contributed by atoms with Crippen molar-refractivity contribution in [3.05, 3.63) is 83.1 Å². The minimum absolute atomic E-state index is 0.0874. The lowest BCUT2D eigenvalue weighted by Gasteiger charge is -2.29. The third kappa shape index (κ3) is 3.69. The van der Waals surface area contributed by atoms with Crippen molar-refractivity contribution in [1.82, 2.24) is 4.57 Å². The molecule has 8 heteroatoms. The van der Waals surface area contributed by atoms with Crippen molar-refractivity contribution in [2.45, 2.75) is 25.2 Å². The molecule has 0 bridgehead atoms. The maximum absolute atomic E-state index is 14.7. The molecule has 1 aromatic heterocycles. The van der Waals surface area contributed by atoms with Crippen LogP contribution in [0.4, 0.5) is 8.78 Å². The average Bonchev–Trinajstić information content (AvgIpc) is 3.45. The lowest BCUT2D eigenvalue weighted by molar-refractivity contribution is 0.0697. The molecular formula is C28H22F2N2O4. The number of benzene rings is 3. The van der Waals surface area contributed by atoms with Gasteiger partial charge in [0, 0.05) is 36.0 Å². The summed E-state index contributed by atoms with van der Waals surface area (Å²) in [6.45, 7) is 2.25. The Bertz CT molecular complexity index is 1550. The van der Waals surface area contributed by atoms with Crippen LogP contribution in [0.2, 0.25) is 0 Å². The first-order chi connectivity index (χ1) is 17.3. The average molecular weight is 488 g/mol. The number of halogens is 2. The quantitative estimate of drug-likeness (QED) is 0.367. The minimum Gasteiger partial charge on any atom is -0.507 e. The first-order valence-corrected chi connectivity index (χ1v) is 11.4. The Kier molecular flexibility index (Phi) is 5.73. The maximum atomic E-state index is 14.7. The standard InChI is InChI=1S/C28H22F2N2O4/c1-16-12-20(6-7-21(16)30)32-22-13-19(29)14-23(33)25(22)24(17-2-4-18(5-3-17)27(34)35)26(32)28(8-10-31)9-11-36-15-28/h2-7,12-14,33H,8-9,11,15H2,1H3,(H,34,35). The Balaban J connectivity index is 1.97. The summed E-state index contributed by atoms with van der Waals surface area (Å²) in [5, 5.41) is 30.5. The van der Waals surface area contributed by atoms with Crippen molar-refractivity contribution in [1.29, 1.82) is 5.26 Å². The van der Waals surface area contributed by atoms with Crippen LogP contribution in [0.15, 0.2) is 54.6 Å². The Morgan fingerprint density at radius 3 is 2.53 bits per heavy atom. The third-order valence-corrected chi connectivity index (χ3v) is 6.86. The molecule has 1 aliphatic heterocycles. The lowest BCUT2D eigenvalue weighted by Crippen LogP contribution is -2.29. The van der Waals surface area contributed by atoms with E-state index >= 15 is 0 Å². The monoisotopic (exact) mass is 488 g/mol. The second kappa shape index (κ2) is 8.77. The van der Waals surface area contributed by atoms with Crippen molar-refractivity contribution in [3.63, 3.8) is 0 Å². The first kappa shape index (κ1) is 23.5. The van der Waals surface area contributed by atoms with Gasteiger partial charge in [-0.25, -0.2) is 13.6 Å². The van der Waals surface area contributed by atoms with E-state index in [0.717, 1.165) is 6.07 Å². The molecule has 2 heterocycles. The first-order valence-electron chi connectivity index (χ1n) is 11.4. The topological polar surface area (TPSA) is 95.5 Å². The van der Waals surface area contributed by atoms with Crippen molar-refractivity contribution in [3.8, 4) is 28.6 Å². The predicted octanol–water partition coefficient (Wildman–Crippen LogP) is 5.86. The number of carboxylic acids is 1. The fraction of sp³-hybridized carbons (Fsp3) is 0.214. The number of carboxylic acid groups (broad SMARTS) is 1. The van der Waals surface area contributed by atoms with E-state index in [1.807, 2.05) is 0 Å². The number of phenolic OH excluding ortho intramolecular Hbond substituents is 1. The van der Waals surface area contributed by atoms with Gasteiger partial charge in [-0.05, 0) is 60.9 Å². The van der Waals surface area contributed by atoms with E-state index in [1.165, 1.54) is 24.3 Å². The van der Waals surface area contributed by atoms with Crippen LogP contribution in [-0.4, -0.2) is 34.0 Å². The number of nitriles is 1. The number of aryl methyl sites for hydroxylation is 1. The molecule has 0 aliphatic carbocycles. The van der Waals surface area contributed by atoms with Gasteiger partial charge in [-0.1, -0.05) is 12.1 Å².